The fraction of sp³-hybridized carbons (Fsp3) is 0.625. The van der Waals surface area contributed by atoms with E-state index in [2.05, 4.69) is 22.9 Å². The number of alkyl halides is 1. The van der Waals surface area contributed by atoms with E-state index in [-0.39, 0.29) is 4.83 Å². The summed E-state index contributed by atoms with van der Waals surface area (Å²) in [6, 6.07) is 1.91. The topological polar surface area (TPSA) is 18.5 Å². The molecule has 20 heavy (non-hydrogen) atoms. The van der Waals surface area contributed by atoms with Crippen LogP contribution in [0.25, 0.3) is 0 Å². The van der Waals surface area contributed by atoms with Crippen LogP contribution in [0.2, 0.25) is 5.02 Å². The molecule has 0 saturated carbocycles. The van der Waals surface area contributed by atoms with Gasteiger partial charge in [0.05, 0.1) is 13.2 Å². The minimum Gasteiger partial charge on any atom is -0.490 e. The van der Waals surface area contributed by atoms with Crippen LogP contribution in [0.15, 0.2) is 6.07 Å². The number of hydrogen-bond acceptors (Lipinski definition) is 2. The van der Waals surface area contributed by atoms with E-state index >= 15 is 0 Å². The van der Waals surface area contributed by atoms with E-state index < -0.39 is 0 Å². The molecule has 0 bridgehead atoms. The fourth-order valence-corrected chi connectivity index (χ4v) is 4.20. The second-order valence-corrected chi connectivity index (χ2v) is 6.80. The molecule has 2 nitrogen and oxygen atoms in total. The van der Waals surface area contributed by atoms with E-state index in [4.69, 9.17) is 21.1 Å². The van der Waals surface area contributed by atoms with E-state index in [1.165, 1.54) is 11.1 Å². The standard InChI is InChI=1S/C16H22BrClO2/c1-4-19-14-9-13(18)11-7-6-10(3)8-12(17)15(11)16(14)20-5-2/h9-10,12H,4-8H2,1-3H3. The van der Waals surface area contributed by atoms with Crippen molar-refractivity contribution in [1.82, 2.24) is 0 Å². The summed E-state index contributed by atoms with van der Waals surface area (Å²) >= 11 is 10.3. The van der Waals surface area contributed by atoms with Crippen molar-refractivity contribution < 1.29 is 9.47 Å². The first kappa shape index (κ1) is 16.0. The van der Waals surface area contributed by atoms with Crippen molar-refractivity contribution >= 4 is 27.5 Å². The highest BCUT2D eigenvalue weighted by Gasteiger charge is 2.28. The molecular formula is C16H22BrClO2. The molecule has 1 aromatic carbocycles. The zero-order chi connectivity index (χ0) is 14.7. The maximum Gasteiger partial charge on any atom is 0.165 e. The van der Waals surface area contributed by atoms with E-state index in [1.54, 1.807) is 0 Å². The molecule has 0 heterocycles. The third kappa shape index (κ3) is 3.25. The van der Waals surface area contributed by atoms with Crippen LogP contribution in [0.4, 0.5) is 0 Å². The van der Waals surface area contributed by atoms with Gasteiger partial charge in [0.15, 0.2) is 11.5 Å². The molecule has 0 amide bonds. The first-order chi connectivity index (χ1) is 9.58. The Hall–Kier alpha value is -0.410. The van der Waals surface area contributed by atoms with Gasteiger partial charge in [-0.15, -0.1) is 0 Å². The molecule has 2 rings (SSSR count). The molecule has 0 aromatic heterocycles. The van der Waals surface area contributed by atoms with Crippen LogP contribution >= 0.6 is 27.5 Å². The Balaban J connectivity index is 2.57. The lowest BCUT2D eigenvalue weighted by Gasteiger charge is -2.21. The van der Waals surface area contributed by atoms with Crippen molar-refractivity contribution in [3.05, 3.63) is 22.2 Å². The van der Waals surface area contributed by atoms with Gasteiger partial charge in [-0.25, -0.2) is 0 Å². The number of fused-ring (bicyclic) bond motifs is 1. The smallest absolute Gasteiger partial charge is 0.165 e. The Kier molecular flexibility index (Phi) is 5.62. The van der Waals surface area contributed by atoms with Crippen LogP contribution < -0.4 is 9.47 Å². The van der Waals surface area contributed by atoms with Crippen molar-refractivity contribution in [2.75, 3.05) is 13.2 Å². The summed E-state index contributed by atoms with van der Waals surface area (Å²) in [5.41, 5.74) is 2.40. The summed E-state index contributed by atoms with van der Waals surface area (Å²) in [4.78, 5) is 0.273. The van der Waals surface area contributed by atoms with Gasteiger partial charge in [0, 0.05) is 21.5 Å². The minimum absolute atomic E-state index is 0.273. The summed E-state index contributed by atoms with van der Waals surface area (Å²) < 4.78 is 11.6. The number of ether oxygens (including phenoxy) is 2. The maximum absolute atomic E-state index is 6.48. The lowest BCUT2D eigenvalue weighted by atomic mass is 10.0. The van der Waals surface area contributed by atoms with Crippen molar-refractivity contribution in [1.29, 1.82) is 0 Å². The fourth-order valence-electron chi connectivity index (χ4n) is 2.79. The average Bonchev–Trinajstić information content (AvgIpc) is 2.54. The van der Waals surface area contributed by atoms with Gasteiger partial charge in [-0.3, -0.25) is 0 Å². The summed E-state index contributed by atoms with van der Waals surface area (Å²) in [7, 11) is 0. The van der Waals surface area contributed by atoms with Crippen LogP contribution in [0.5, 0.6) is 11.5 Å². The van der Waals surface area contributed by atoms with E-state index in [1.807, 2.05) is 19.9 Å². The molecule has 1 aliphatic carbocycles. The van der Waals surface area contributed by atoms with Crippen LogP contribution in [0.1, 0.15) is 49.6 Å². The average molecular weight is 362 g/mol. The van der Waals surface area contributed by atoms with Gasteiger partial charge in [-0.2, -0.15) is 0 Å². The summed E-state index contributed by atoms with van der Waals surface area (Å²) in [5, 5.41) is 0.797. The Morgan fingerprint density at radius 3 is 2.65 bits per heavy atom. The monoisotopic (exact) mass is 360 g/mol. The number of benzene rings is 1. The molecule has 1 aliphatic rings. The van der Waals surface area contributed by atoms with Gasteiger partial charge >= 0.3 is 0 Å². The molecular weight excluding hydrogens is 340 g/mol. The number of rotatable bonds is 4. The molecule has 112 valence electrons. The predicted octanol–water partition coefficient (Wildman–Crippen LogP) is 5.55. The van der Waals surface area contributed by atoms with Gasteiger partial charge in [0.25, 0.3) is 0 Å². The van der Waals surface area contributed by atoms with Crippen molar-refractivity contribution in [2.45, 2.75) is 44.9 Å². The third-order valence-electron chi connectivity index (χ3n) is 3.74. The van der Waals surface area contributed by atoms with Crippen molar-refractivity contribution in [3.8, 4) is 11.5 Å². The molecule has 0 N–H and O–H groups in total. The quantitative estimate of drug-likeness (QED) is 0.517. The van der Waals surface area contributed by atoms with E-state index in [0.717, 1.165) is 35.8 Å². The highest BCUT2D eigenvalue weighted by atomic mass is 79.9. The predicted molar refractivity (Wildman–Crippen MR) is 87.6 cm³/mol. The van der Waals surface area contributed by atoms with Gasteiger partial charge in [-0.05, 0) is 44.6 Å². The lowest BCUT2D eigenvalue weighted by molar-refractivity contribution is 0.285. The Labute approximate surface area is 134 Å². The van der Waals surface area contributed by atoms with Crippen LogP contribution in [0, 0.1) is 5.92 Å². The van der Waals surface area contributed by atoms with Crippen molar-refractivity contribution in [2.24, 2.45) is 5.92 Å². The normalized spacial score (nSPS) is 22.1. The molecule has 2 atom stereocenters. The molecule has 0 fully saturated rings. The number of hydrogen-bond donors (Lipinski definition) is 0. The first-order valence-electron chi connectivity index (χ1n) is 7.33. The Bertz CT molecular complexity index is 476. The Morgan fingerprint density at radius 1 is 1.30 bits per heavy atom. The van der Waals surface area contributed by atoms with Crippen LogP contribution in [-0.2, 0) is 6.42 Å². The number of halogens is 2. The van der Waals surface area contributed by atoms with Crippen LogP contribution in [0.3, 0.4) is 0 Å². The first-order valence-corrected chi connectivity index (χ1v) is 8.62. The second kappa shape index (κ2) is 7.04. The highest BCUT2D eigenvalue weighted by molar-refractivity contribution is 9.09. The maximum atomic E-state index is 6.48. The zero-order valence-electron chi connectivity index (χ0n) is 12.3. The summed E-state index contributed by atoms with van der Waals surface area (Å²) in [5.74, 6) is 2.30. The highest BCUT2D eigenvalue weighted by Crippen LogP contribution is 2.48. The van der Waals surface area contributed by atoms with Gasteiger partial charge in [-0.1, -0.05) is 34.5 Å². The molecule has 0 spiro atoms. The van der Waals surface area contributed by atoms with Gasteiger partial charge < -0.3 is 9.47 Å². The van der Waals surface area contributed by atoms with Crippen molar-refractivity contribution in [3.63, 3.8) is 0 Å². The molecule has 2 unspecified atom stereocenters. The van der Waals surface area contributed by atoms with E-state index in [9.17, 15) is 0 Å². The summed E-state index contributed by atoms with van der Waals surface area (Å²) in [6.45, 7) is 7.50. The van der Waals surface area contributed by atoms with Crippen LogP contribution in [-0.4, -0.2) is 13.2 Å². The zero-order valence-corrected chi connectivity index (χ0v) is 14.7. The molecule has 1 aromatic rings. The molecule has 0 radical (unpaired) electrons. The second-order valence-electron chi connectivity index (χ2n) is 5.29. The lowest BCUT2D eigenvalue weighted by Crippen LogP contribution is -2.06. The van der Waals surface area contributed by atoms with Gasteiger partial charge in [0.1, 0.15) is 0 Å². The molecule has 4 heteroatoms. The largest absolute Gasteiger partial charge is 0.490 e. The van der Waals surface area contributed by atoms with Gasteiger partial charge in [0.2, 0.25) is 0 Å². The molecule has 0 aliphatic heterocycles. The summed E-state index contributed by atoms with van der Waals surface area (Å²) in [6.07, 6.45) is 3.26. The van der Waals surface area contributed by atoms with E-state index in [0.29, 0.717) is 19.1 Å². The minimum atomic E-state index is 0.273. The Morgan fingerprint density at radius 2 is 2.00 bits per heavy atom. The SMILES string of the molecule is CCOc1cc(Cl)c2c(c1OCC)C(Br)CC(C)CC2. The third-order valence-corrected chi connectivity index (χ3v) is 4.91. The molecule has 0 saturated heterocycles.